The first kappa shape index (κ1) is 20.7. The number of benzene rings is 2. The van der Waals surface area contributed by atoms with Crippen LogP contribution in [0.1, 0.15) is 66.5 Å². The molecule has 0 atom stereocenters. The lowest BCUT2D eigenvalue weighted by atomic mass is 10.1. The summed E-state index contributed by atoms with van der Waals surface area (Å²) in [6, 6.07) is 14.8. The number of hydrogen-bond donors (Lipinski definition) is 0. The number of allylic oxidation sites excluding steroid dienone is 8. The molecule has 31 heavy (non-hydrogen) atoms. The monoisotopic (exact) mass is 436 g/mol. The van der Waals surface area contributed by atoms with Crippen molar-refractivity contribution in [3.8, 4) is 11.1 Å². The van der Waals surface area contributed by atoms with Gasteiger partial charge in [0.25, 0.3) is 0 Å². The second-order valence-corrected chi connectivity index (χ2v) is 15.3. The zero-order valence-electron chi connectivity index (χ0n) is 20.2. The van der Waals surface area contributed by atoms with Gasteiger partial charge in [-0.15, -0.1) is 0 Å². The molecule has 0 amide bonds. The molecule has 0 aromatic heterocycles. The molecular weight excluding hydrogens is 404 g/mol. The van der Waals surface area contributed by atoms with Crippen molar-refractivity contribution in [2.45, 2.75) is 61.8 Å². The smallest absolute Gasteiger partial charge is 0.0730 e. The third kappa shape index (κ3) is 2.91. The van der Waals surface area contributed by atoms with Crippen LogP contribution in [0, 0.1) is 0 Å². The van der Waals surface area contributed by atoms with Crippen LogP contribution in [0.5, 0.6) is 0 Å². The van der Waals surface area contributed by atoms with E-state index in [4.69, 9.17) is 0 Å². The molecule has 0 unspecified atom stereocenters. The summed E-state index contributed by atoms with van der Waals surface area (Å²) in [6.45, 7) is 18.7. The number of rotatable bonds is 2. The molecule has 0 N–H and O–H groups in total. The molecule has 5 rings (SSSR count). The van der Waals surface area contributed by atoms with E-state index in [2.05, 4.69) is 91.8 Å². The van der Waals surface area contributed by atoms with Crippen LogP contribution in [-0.2, 0) is 6.42 Å². The fourth-order valence-corrected chi connectivity index (χ4v) is 12.0. The number of fused-ring (bicyclic) bond motifs is 3. The van der Waals surface area contributed by atoms with E-state index in [0.717, 1.165) is 6.42 Å². The number of hydrogen-bond acceptors (Lipinski definition) is 0. The normalized spacial score (nSPS) is 19.4. The Balaban J connectivity index is 1.60. The van der Waals surface area contributed by atoms with E-state index in [1.54, 1.807) is 31.2 Å². The van der Waals surface area contributed by atoms with E-state index in [0.29, 0.717) is 0 Å². The van der Waals surface area contributed by atoms with Crippen LogP contribution < -0.4 is 10.4 Å². The molecule has 0 saturated carbocycles. The highest BCUT2D eigenvalue weighted by molar-refractivity contribution is 6.87. The third-order valence-corrected chi connectivity index (χ3v) is 14.6. The molecule has 0 bridgehead atoms. The topological polar surface area (TPSA) is 0 Å². The van der Waals surface area contributed by atoms with Gasteiger partial charge in [-0.1, -0.05) is 89.8 Å². The molecule has 2 heteroatoms. The zero-order chi connectivity index (χ0) is 22.2. The summed E-state index contributed by atoms with van der Waals surface area (Å²) in [7, 11) is -1.54. The van der Waals surface area contributed by atoms with Gasteiger partial charge in [-0.05, 0) is 84.1 Å². The Kier molecular flexibility index (Phi) is 4.80. The largest absolute Gasteiger partial charge is 0.146 e. The van der Waals surface area contributed by atoms with Gasteiger partial charge in [0.05, 0.1) is 0 Å². The predicted molar refractivity (Wildman–Crippen MR) is 139 cm³/mol. The molecule has 2 radical (unpaired) electrons. The second kappa shape index (κ2) is 7.18. The highest BCUT2D eigenvalue weighted by Gasteiger charge is 2.31. The Morgan fingerprint density at radius 3 is 1.13 bits per heavy atom. The molecular formula is C29H32Si2. The maximum atomic E-state index is 2.55. The molecule has 156 valence electrons. The summed E-state index contributed by atoms with van der Waals surface area (Å²) in [5, 5.41) is 9.60. The highest BCUT2D eigenvalue weighted by Crippen LogP contribution is 2.38. The standard InChI is InChI=1S/C29H32Si2/c1-16-17(2)21(6)30(20(16)5)26-11-9-24-13-25-10-12-27(15-29(25)28(24)14-26)31-22(7)18(3)19(4)23(31)8/h9-12,14-15H,13H2,1-8H3. The predicted octanol–water partition coefficient (Wildman–Crippen LogP) is 6.19. The quantitative estimate of drug-likeness (QED) is 0.420. The molecule has 0 nitrogen and oxygen atoms in total. The van der Waals surface area contributed by atoms with Gasteiger partial charge >= 0.3 is 0 Å². The lowest BCUT2D eigenvalue weighted by Crippen LogP contribution is -2.32. The van der Waals surface area contributed by atoms with Crippen LogP contribution in [0.15, 0.2) is 79.5 Å². The first-order valence-electron chi connectivity index (χ1n) is 11.4. The summed E-state index contributed by atoms with van der Waals surface area (Å²) in [4.78, 5) is 0. The molecule has 3 aliphatic rings. The van der Waals surface area contributed by atoms with Gasteiger partial charge in [-0.3, -0.25) is 0 Å². The van der Waals surface area contributed by atoms with Crippen LogP contribution in [0.2, 0.25) is 0 Å². The van der Waals surface area contributed by atoms with Gasteiger partial charge in [0, 0.05) is 0 Å². The lowest BCUT2D eigenvalue weighted by molar-refractivity contribution is 1.27. The van der Waals surface area contributed by atoms with Crippen LogP contribution in [0.25, 0.3) is 11.1 Å². The van der Waals surface area contributed by atoms with Gasteiger partial charge in [0.1, 0.15) is 17.6 Å². The van der Waals surface area contributed by atoms with Crippen molar-refractivity contribution in [1.29, 1.82) is 0 Å². The van der Waals surface area contributed by atoms with Crippen molar-refractivity contribution in [2.24, 2.45) is 0 Å². The van der Waals surface area contributed by atoms with E-state index in [1.165, 1.54) is 44.5 Å². The first-order chi connectivity index (χ1) is 14.7. The minimum Gasteiger partial charge on any atom is -0.0730 e. The minimum absolute atomic E-state index is 0.771. The van der Waals surface area contributed by atoms with Crippen LogP contribution >= 0.6 is 0 Å². The van der Waals surface area contributed by atoms with Gasteiger partial charge < -0.3 is 0 Å². The van der Waals surface area contributed by atoms with Gasteiger partial charge in [0.2, 0.25) is 0 Å². The molecule has 2 aromatic carbocycles. The lowest BCUT2D eigenvalue weighted by Gasteiger charge is -2.16. The zero-order valence-corrected chi connectivity index (χ0v) is 22.2. The van der Waals surface area contributed by atoms with Crippen molar-refractivity contribution >= 4 is 28.0 Å². The molecule has 0 fully saturated rings. The van der Waals surface area contributed by atoms with E-state index in [-0.39, 0.29) is 0 Å². The second-order valence-electron chi connectivity index (χ2n) is 9.67. The van der Waals surface area contributed by atoms with Crippen molar-refractivity contribution in [1.82, 2.24) is 0 Å². The van der Waals surface area contributed by atoms with E-state index < -0.39 is 17.6 Å². The Hall–Kier alpha value is -2.17. The van der Waals surface area contributed by atoms with E-state index in [1.807, 2.05) is 0 Å². The van der Waals surface area contributed by atoms with E-state index >= 15 is 0 Å². The van der Waals surface area contributed by atoms with Crippen molar-refractivity contribution in [3.05, 3.63) is 90.6 Å². The van der Waals surface area contributed by atoms with Crippen LogP contribution in [-0.4, -0.2) is 17.6 Å². The minimum atomic E-state index is -0.771. The highest BCUT2D eigenvalue weighted by atomic mass is 28.3. The van der Waals surface area contributed by atoms with Gasteiger partial charge in [0.15, 0.2) is 0 Å². The molecule has 0 spiro atoms. The molecule has 0 saturated heterocycles. The Morgan fingerprint density at radius 1 is 0.484 bits per heavy atom. The average Bonchev–Trinajstić information content (AvgIpc) is 3.29. The van der Waals surface area contributed by atoms with Gasteiger partial charge in [-0.25, -0.2) is 0 Å². The van der Waals surface area contributed by atoms with Crippen molar-refractivity contribution in [3.63, 3.8) is 0 Å². The molecule has 2 aromatic rings. The summed E-state index contributed by atoms with van der Waals surface area (Å²) >= 11 is 0. The SMILES string of the molecule is CC1=C(C)[Si](c2ccc3c(c2)-c2cc([Si]4C(C)=C(C)C(C)=C4C)ccc2C3)C(C)=C1C. The third-order valence-electron chi connectivity index (χ3n) is 8.34. The molecule has 2 heterocycles. The maximum Gasteiger partial charge on any atom is 0.146 e. The van der Waals surface area contributed by atoms with Crippen LogP contribution in [0.3, 0.4) is 0 Å². The summed E-state index contributed by atoms with van der Waals surface area (Å²) in [6.07, 6.45) is 1.08. The van der Waals surface area contributed by atoms with Crippen molar-refractivity contribution in [2.75, 3.05) is 0 Å². The summed E-state index contributed by atoms with van der Waals surface area (Å²) in [5.41, 5.74) is 12.1. The first-order valence-corrected chi connectivity index (χ1v) is 14.4. The average molecular weight is 437 g/mol. The maximum absolute atomic E-state index is 2.55. The molecule has 1 aliphatic carbocycles. The van der Waals surface area contributed by atoms with Gasteiger partial charge in [-0.2, -0.15) is 0 Å². The van der Waals surface area contributed by atoms with Crippen LogP contribution in [0.4, 0.5) is 0 Å². The molecule has 2 aliphatic heterocycles. The van der Waals surface area contributed by atoms with Crippen molar-refractivity contribution < 1.29 is 0 Å². The fourth-order valence-electron chi connectivity index (χ4n) is 5.78. The summed E-state index contributed by atoms with van der Waals surface area (Å²) in [5.74, 6) is 0. The Bertz CT molecular complexity index is 1130. The fraction of sp³-hybridized carbons (Fsp3) is 0.310. The van der Waals surface area contributed by atoms with E-state index in [9.17, 15) is 0 Å². The summed E-state index contributed by atoms with van der Waals surface area (Å²) < 4.78 is 0. The Morgan fingerprint density at radius 2 is 0.806 bits per heavy atom. The Labute approximate surface area is 191 Å².